The van der Waals surface area contributed by atoms with E-state index < -0.39 is 11.7 Å². The molecule has 1 aliphatic rings. The molecule has 3 aromatic carbocycles. The SMILES string of the molecule is CCOc1ccc(C(=O)N2CCN(c3cccc(C(F)(F)F)c3)CC2)cc1CSc1ccc(C)cc1. The summed E-state index contributed by atoms with van der Waals surface area (Å²) >= 11 is 1.69. The molecule has 4 nitrogen and oxygen atoms in total. The number of alkyl halides is 3. The van der Waals surface area contributed by atoms with E-state index in [9.17, 15) is 18.0 Å². The van der Waals surface area contributed by atoms with Gasteiger partial charge in [0.05, 0.1) is 12.2 Å². The monoisotopic (exact) mass is 514 g/mol. The molecule has 1 fully saturated rings. The van der Waals surface area contributed by atoms with E-state index >= 15 is 0 Å². The number of carbonyl (C=O) groups excluding carboxylic acids is 1. The van der Waals surface area contributed by atoms with E-state index in [1.165, 1.54) is 17.7 Å². The van der Waals surface area contributed by atoms with Crippen molar-refractivity contribution < 1.29 is 22.7 Å². The number of nitrogens with zero attached hydrogens (tertiary/aromatic N) is 2. The molecular formula is C28H29F3N2O2S. The zero-order valence-electron chi connectivity index (χ0n) is 20.3. The second-order valence-corrected chi connectivity index (χ2v) is 9.73. The van der Waals surface area contributed by atoms with Crippen molar-refractivity contribution in [2.75, 3.05) is 37.7 Å². The number of benzene rings is 3. The molecule has 4 rings (SSSR count). The lowest BCUT2D eigenvalue weighted by Gasteiger charge is -2.36. The summed E-state index contributed by atoms with van der Waals surface area (Å²) < 4.78 is 45.1. The van der Waals surface area contributed by atoms with Gasteiger partial charge in [0.25, 0.3) is 5.91 Å². The van der Waals surface area contributed by atoms with Crippen LogP contribution in [0.2, 0.25) is 0 Å². The van der Waals surface area contributed by atoms with Crippen molar-refractivity contribution in [3.63, 3.8) is 0 Å². The molecule has 1 aliphatic heterocycles. The minimum absolute atomic E-state index is 0.0803. The predicted octanol–water partition coefficient (Wildman–Crippen LogP) is 6.67. The fourth-order valence-corrected chi connectivity index (χ4v) is 5.02. The van der Waals surface area contributed by atoms with E-state index in [1.54, 1.807) is 28.8 Å². The lowest BCUT2D eigenvalue weighted by atomic mass is 10.1. The van der Waals surface area contributed by atoms with Gasteiger partial charge in [-0.25, -0.2) is 0 Å². The highest BCUT2D eigenvalue weighted by Crippen LogP contribution is 2.32. The van der Waals surface area contributed by atoms with Crippen LogP contribution >= 0.6 is 11.8 Å². The normalized spacial score (nSPS) is 14.1. The Kier molecular flexibility index (Phi) is 8.14. The van der Waals surface area contributed by atoms with Crippen LogP contribution < -0.4 is 9.64 Å². The van der Waals surface area contributed by atoms with Gasteiger partial charge >= 0.3 is 6.18 Å². The van der Waals surface area contributed by atoms with Crippen LogP contribution in [0.5, 0.6) is 5.75 Å². The molecule has 1 saturated heterocycles. The minimum Gasteiger partial charge on any atom is -0.494 e. The molecule has 1 heterocycles. The Bertz CT molecular complexity index is 1190. The molecule has 8 heteroatoms. The summed E-state index contributed by atoms with van der Waals surface area (Å²) in [6, 6.07) is 19.2. The zero-order chi connectivity index (χ0) is 25.7. The zero-order valence-corrected chi connectivity index (χ0v) is 21.2. The number of anilines is 1. The van der Waals surface area contributed by atoms with Gasteiger partial charge in [-0.1, -0.05) is 23.8 Å². The summed E-state index contributed by atoms with van der Waals surface area (Å²) in [5.41, 5.74) is 2.61. The average molecular weight is 515 g/mol. The molecule has 0 atom stereocenters. The second-order valence-electron chi connectivity index (χ2n) is 8.68. The number of carbonyl (C=O) groups is 1. The van der Waals surface area contributed by atoms with Crippen LogP contribution in [0.1, 0.15) is 34.0 Å². The van der Waals surface area contributed by atoms with Crippen LogP contribution in [-0.4, -0.2) is 43.6 Å². The van der Waals surface area contributed by atoms with Gasteiger partial charge in [0, 0.05) is 53.6 Å². The Labute approximate surface area is 214 Å². The third-order valence-electron chi connectivity index (χ3n) is 6.13. The number of piperazine rings is 1. The first-order valence-electron chi connectivity index (χ1n) is 11.9. The molecule has 0 radical (unpaired) electrons. The van der Waals surface area contributed by atoms with E-state index in [2.05, 4.69) is 31.2 Å². The van der Waals surface area contributed by atoms with Gasteiger partial charge in [0.1, 0.15) is 5.75 Å². The number of halogens is 3. The molecule has 0 spiro atoms. The Hall–Kier alpha value is -3.13. The largest absolute Gasteiger partial charge is 0.494 e. The molecule has 0 N–H and O–H groups in total. The van der Waals surface area contributed by atoms with Gasteiger partial charge in [-0.05, 0) is 62.4 Å². The molecule has 190 valence electrons. The van der Waals surface area contributed by atoms with Crippen molar-refractivity contribution in [1.29, 1.82) is 0 Å². The molecule has 3 aromatic rings. The van der Waals surface area contributed by atoms with Crippen LogP contribution in [-0.2, 0) is 11.9 Å². The molecule has 36 heavy (non-hydrogen) atoms. The first-order valence-corrected chi connectivity index (χ1v) is 12.9. The Balaban J connectivity index is 1.43. The number of hydrogen-bond donors (Lipinski definition) is 0. The van der Waals surface area contributed by atoms with Crippen molar-refractivity contribution >= 4 is 23.4 Å². The fraction of sp³-hybridized carbons (Fsp3) is 0.321. The smallest absolute Gasteiger partial charge is 0.416 e. The Morgan fingerprint density at radius 1 is 0.972 bits per heavy atom. The molecule has 1 amide bonds. The standard InChI is InChI=1S/C28H29F3N2O2S/c1-3-35-26-12-9-21(17-22(26)19-36-25-10-7-20(2)8-11-25)27(34)33-15-13-32(14-16-33)24-6-4-5-23(18-24)28(29,30)31/h4-12,17-18H,3,13-16,19H2,1-2H3. The molecule has 0 bridgehead atoms. The predicted molar refractivity (Wildman–Crippen MR) is 138 cm³/mol. The summed E-state index contributed by atoms with van der Waals surface area (Å²) in [6.07, 6.45) is -4.38. The lowest BCUT2D eigenvalue weighted by molar-refractivity contribution is -0.137. The maximum absolute atomic E-state index is 13.3. The Morgan fingerprint density at radius 2 is 1.69 bits per heavy atom. The second kappa shape index (κ2) is 11.3. The molecule has 0 saturated carbocycles. The van der Waals surface area contributed by atoms with Crippen LogP contribution in [0.3, 0.4) is 0 Å². The third-order valence-corrected chi connectivity index (χ3v) is 7.19. The van der Waals surface area contributed by atoms with Crippen molar-refractivity contribution in [2.24, 2.45) is 0 Å². The van der Waals surface area contributed by atoms with Crippen LogP contribution in [0.4, 0.5) is 18.9 Å². The quantitative estimate of drug-likeness (QED) is 0.330. The highest BCUT2D eigenvalue weighted by atomic mass is 32.2. The van der Waals surface area contributed by atoms with E-state index in [1.807, 2.05) is 24.0 Å². The van der Waals surface area contributed by atoms with Gasteiger partial charge in [0.15, 0.2) is 0 Å². The number of hydrogen-bond acceptors (Lipinski definition) is 4. The average Bonchev–Trinajstić information content (AvgIpc) is 2.88. The number of ether oxygens (including phenoxy) is 1. The third kappa shape index (κ3) is 6.35. The van der Waals surface area contributed by atoms with Crippen LogP contribution in [0.15, 0.2) is 71.6 Å². The summed E-state index contributed by atoms with van der Waals surface area (Å²) in [7, 11) is 0. The molecule has 0 aliphatic carbocycles. The maximum Gasteiger partial charge on any atom is 0.416 e. The lowest BCUT2D eigenvalue weighted by Crippen LogP contribution is -2.48. The number of rotatable bonds is 7. The van der Waals surface area contributed by atoms with Gasteiger partial charge < -0.3 is 14.5 Å². The summed E-state index contributed by atoms with van der Waals surface area (Å²) in [6.45, 7) is 6.34. The topological polar surface area (TPSA) is 32.8 Å². The number of amides is 1. The van der Waals surface area contributed by atoms with Crippen LogP contribution in [0.25, 0.3) is 0 Å². The summed E-state index contributed by atoms with van der Waals surface area (Å²) in [4.78, 5) is 18.1. The van der Waals surface area contributed by atoms with Gasteiger partial charge in [-0.3, -0.25) is 4.79 Å². The van der Waals surface area contributed by atoms with Crippen molar-refractivity contribution in [2.45, 2.75) is 30.7 Å². The van der Waals surface area contributed by atoms with Gasteiger partial charge in [-0.15, -0.1) is 11.8 Å². The fourth-order valence-electron chi connectivity index (χ4n) is 4.15. The maximum atomic E-state index is 13.3. The van der Waals surface area contributed by atoms with Crippen molar-refractivity contribution in [1.82, 2.24) is 4.90 Å². The first-order chi connectivity index (χ1) is 17.2. The number of aryl methyl sites for hydroxylation is 1. The highest BCUT2D eigenvalue weighted by molar-refractivity contribution is 7.98. The van der Waals surface area contributed by atoms with Gasteiger partial charge in [-0.2, -0.15) is 13.2 Å². The first kappa shape index (κ1) is 25.9. The van der Waals surface area contributed by atoms with E-state index in [0.29, 0.717) is 49.8 Å². The minimum atomic E-state index is -4.38. The Morgan fingerprint density at radius 3 is 2.36 bits per heavy atom. The van der Waals surface area contributed by atoms with Crippen LogP contribution in [0, 0.1) is 6.92 Å². The number of thioether (sulfide) groups is 1. The summed E-state index contributed by atoms with van der Waals surface area (Å²) in [5, 5.41) is 0. The molecule has 0 aromatic heterocycles. The van der Waals surface area contributed by atoms with E-state index in [0.717, 1.165) is 22.3 Å². The van der Waals surface area contributed by atoms with E-state index in [-0.39, 0.29) is 5.91 Å². The summed E-state index contributed by atoms with van der Waals surface area (Å²) in [5.74, 6) is 1.36. The molecular weight excluding hydrogens is 485 g/mol. The highest BCUT2D eigenvalue weighted by Gasteiger charge is 2.31. The molecule has 0 unspecified atom stereocenters. The van der Waals surface area contributed by atoms with E-state index in [4.69, 9.17) is 4.74 Å². The van der Waals surface area contributed by atoms with Gasteiger partial charge in [0.2, 0.25) is 0 Å². The van der Waals surface area contributed by atoms with Crippen molar-refractivity contribution in [3.05, 3.63) is 89.0 Å². The van der Waals surface area contributed by atoms with Crippen molar-refractivity contribution in [3.8, 4) is 5.75 Å².